The summed E-state index contributed by atoms with van der Waals surface area (Å²) in [6, 6.07) is 0.671. The Morgan fingerprint density at radius 2 is 2.20 bits per heavy atom. The lowest BCUT2D eigenvalue weighted by Gasteiger charge is -2.18. The first-order valence-electron chi connectivity index (χ1n) is 3.53. The first-order chi connectivity index (χ1) is 4.68. The number of hydrogen-bond donors (Lipinski definition) is 0. The smallest absolute Gasteiger partial charge is 0.0152 e. The fourth-order valence-corrected chi connectivity index (χ4v) is 1.41. The Balaban J connectivity index is 3.21. The zero-order valence-electron chi connectivity index (χ0n) is 7.13. The monoisotopic (exact) mass is 159 g/mol. The normalized spacial score (nSPS) is 13.6. The Morgan fingerprint density at radius 3 is 2.60 bits per heavy atom. The van der Waals surface area contributed by atoms with Crippen LogP contribution in [-0.4, -0.2) is 36.5 Å². The van der Waals surface area contributed by atoms with Crippen LogP contribution in [0.25, 0.3) is 0 Å². The molecule has 0 aliphatic carbocycles. The Kier molecular flexibility index (Phi) is 5.84. The molecule has 0 aromatic heterocycles. The second-order valence-corrected chi connectivity index (χ2v) is 3.71. The van der Waals surface area contributed by atoms with E-state index < -0.39 is 0 Å². The van der Waals surface area contributed by atoms with Gasteiger partial charge in [0.05, 0.1) is 0 Å². The van der Waals surface area contributed by atoms with Gasteiger partial charge in [0.25, 0.3) is 0 Å². The van der Waals surface area contributed by atoms with Gasteiger partial charge in [-0.05, 0) is 21.0 Å². The molecular weight excluding hydrogens is 142 g/mol. The van der Waals surface area contributed by atoms with Crippen molar-refractivity contribution in [1.29, 1.82) is 0 Å². The van der Waals surface area contributed by atoms with Crippen molar-refractivity contribution in [2.24, 2.45) is 0 Å². The third-order valence-corrected chi connectivity index (χ3v) is 2.67. The first kappa shape index (κ1) is 10.0. The highest BCUT2D eigenvalue weighted by atomic mass is 32.2. The molecule has 1 atom stereocenters. The van der Waals surface area contributed by atoms with E-state index in [1.165, 1.54) is 5.75 Å². The third-order valence-electron chi connectivity index (χ3n) is 1.48. The van der Waals surface area contributed by atoms with Crippen LogP contribution in [0.15, 0.2) is 12.7 Å². The van der Waals surface area contributed by atoms with E-state index in [0.29, 0.717) is 6.04 Å². The van der Waals surface area contributed by atoms with Crippen LogP contribution < -0.4 is 0 Å². The van der Waals surface area contributed by atoms with Crippen LogP contribution in [-0.2, 0) is 0 Å². The standard InChI is InChI=1S/C8H17NS/c1-5-6-10-7-8(2)9(3)4/h5,8H,1,6-7H2,2-4H3/t8-/m0/s1. The molecule has 0 spiro atoms. The molecule has 0 aromatic carbocycles. The van der Waals surface area contributed by atoms with Crippen molar-refractivity contribution in [3.05, 3.63) is 12.7 Å². The summed E-state index contributed by atoms with van der Waals surface area (Å²) in [5.74, 6) is 2.26. The van der Waals surface area contributed by atoms with Gasteiger partial charge in [0, 0.05) is 17.5 Å². The molecule has 0 bridgehead atoms. The van der Waals surface area contributed by atoms with Gasteiger partial charge in [-0.2, -0.15) is 11.8 Å². The van der Waals surface area contributed by atoms with Crippen LogP contribution >= 0.6 is 11.8 Å². The first-order valence-corrected chi connectivity index (χ1v) is 4.69. The average molecular weight is 159 g/mol. The lowest BCUT2D eigenvalue weighted by Crippen LogP contribution is -2.26. The van der Waals surface area contributed by atoms with E-state index in [1.54, 1.807) is 0 Å². The minimum absolute atomic E-state index is 0.671. The quantitative estimate of drug-likeness (QED) is 0.445. The second-order valence-electron chi connectivity index (χ2n) is 2.64. The van der Waals surface area contributed by atoms with Gasteiger partial charge in [0.1, 0.15) is 0 Å². The van der Waals surface area contributed by atoms with Gasteiger partial charge in [0.15, 0.2) is 0 Å². The second kappa shape index (κ2) is 5.81. The van der Waals surface area contributed by atoms with Gasteiger partial charge in [-0.15, -0.1) is 6.58 Å². The topological polar surface area (TPSA) is 3.24 Å². The molecule has 60 valence electrons. The predicted octanol–water partition coefficient (Wildman–Crippen LogP) is 1.86. The highest BCUT2D eigenvalue weighted by Crippen LogP contribution is 2.05. The Labute approximate surface area is 68.5 Å². The van der Waals surface area contributed by atoms with E-state index in [9.17, 15) is 0 Å². The van der Waals surface area contributed by atoms with Gasteiger partial charge in [-0.3, -0.25) is 0 Å². The van der Waals surface area contributed by atoms with Crippen molar-refractivity contribution in [1.82, 2.24) is 4.90 Å². The number of hydrogen-bond acceptors (Lipinski definition) is 2. The minimum atomic E-state index is 0.671. The maximum Gasteiger partial charge on any atom is 0.0152 e. The maximum absolute atomic E-state index is 3.67. The SMILES string of the molecule is C=CCSC[C@H](C)N(C)C. The van der Waals surface area contributed by atoms with Crippen LogP contribution in [0.3, 0.4) is 0 Å². The summed E-state index contributed by atoms with van der Waals surface area (Å²) < 4.78 is 0. The van der Waals surface area contributed by atoms with Crippen molar-refractivity contribution in [3.63, 3.8) is 0 Å². The van der Waals surface area contributed by atoms with Crippen LogP contribution in [0.2, 0.25) is 0 Å². The molecule has 0 aliphatic heterocycles. The lowest BCUT2D eigenvalue weighted by atomic mass is 10.4. The van der Waals surface area contributed by atoms with E-state index in [1.807, 2.05) is 17.8 Å². The van der Waals surface area contributed by atoms with Gasteiger partial charge < -0.3 is 4.90 Å². The molecular formula is C8H17NS. The molecule has 0 heterocycles. The Morgan fingerprint density at radius 1 is 1.60 bits per heavy atom. The Hall–Kier alpha value is 0.0500. The molecule has 0 rings (SSSR count). The zero-order chi connectivity index (χ0) is 7.98. The predicted molar refractivity (Wildman–Crippen MR) is 50.7 cm³/mol. The zero-order valence-corrected chi connectivity index (χ0v) is 7.95. The number of rotatable bonds is 5. The van der Waals surface area contributed by atoms with E-state index >= 15 is 0 Å². The summed E-state index contributed by atoms with van der Waals surface area (Å²) in [5, 5.41) is 0. The van der Waals surface area contributed by atoms with E-state index in [4.69, 9.17) is 0 Å². The van der Waals surface area contributed by atoms with Gasteiger partial charge in [-0.1, -0.05) is 6.08 Å². The molecule has 0 saturated carbocycles. The molecule has 0 N–H and O–H groups in total. The molecule has 0 radical (unpaired) electrons. The van der Waals surface area contributed by atoms with Crippen LogP contribution in [0.5, 0.6) is 0 Å². The van der Waals surface area contributed by atoms with Gasteiger partial charge in [-0.25, -0.2) is 0 Å². The largest absolute Gasteiger partial charge is 0.306 e. The molecule has 0 saturated heterocycles. The molecule has 2 heteroatoms. The fourth-order valence-electron chi connectivity index (χ4n) is 0.471. The van der Waals surface area contributed by atoms with Crippen molar-refractivity contribution in [3.8, 4) is 0 Å². The van der Waals surface area contributed by atoms with Crippen molar-refractivity contribution in [2.75, 3.05) is 25.6 Å². The molecule has 0 aromatic rings. The summed E-state index contributed by atoms with van der Waals surface area (Å²) in [6.07, 6.45) is 1.95. The molecule has 0 fully saturated rings. The van der Waals surface area contributed by atoms with Gasteiger partial charge >= 0.3 is 0 Å². The van der Waals surface area contributed by atoms with Crippen LogP contribution in [0.4, 0.5) is 0 Å². The van der Waals surface area contributed by atoms with Crippen LogP contribution in [0.1, 0.15) is 6.92 Å². The molecule has 0 amide bonds. The summed E-state index contributed by atoms with van der Waals surface area (Å²) in [4.78, 5) is 2.23. The average Bonchev–Trinajstić information content (AvgIpc) is 1.88. The molecule has 0 unspecified atom stereocenters. The number of thioether (sulfide) groups is 1. The van der Waals surface area contributed by atoms with Crippen LogP contribution in [0, 0.1) is 0 Å². The Bertz CT molecular complexity index is 91.3. The highest BCUT2D eigenvalue weighted by Gasteiger charge is 2.01. The minimum Gasteiger partial charge on any atom is -0.306 e. The van der Waals surface area contributed by atoms with Crippen molar-refractivity contribution >= 4 is 11.8 Å². The summed E-state index contributed by atoms with van der Waals surface area (Å²) >= 11 is 1.93. The van der Waals surface area contributed by atoms with Crippen molar-refractivity contribution in [2.45, 2.75) is 13.0 Å². The highest BCUT2D eigenvalue weighted by molar-refractivity contribution is 7.99. The lowest BCUT2D eigenvalue weighted by molar-refractivity contribution is 0.340. The molecule has 10 heavy (non-hydrogen) atoms. The maximum atomic E-state index is 3.67. The summed E-state index contributed by atoms with van der Waals surface area (Å²) in [6.45, 7) is 5.90. The summed E-state index contributed by atoms with van der Waals surface area (Å²) in [5.41, 5.74) is 0. The van der Waals surface area contributed by atoms with E-state index in [0.717, 1.165) is 5.75 Å². The molecule has 1 nitrogen and oxygen atoms in total. The van der Waals surface area contributed by atoms with E-state index in [2.05, 4.69) is 32.5 Å². The van der Waals surface area contributed by atoms with Gasteiger partial charge in [0.2, 0.25) is 0 Å². The van der Waals surface area contributed by atoms with E-state index in [-0.39, 0.29) is 0 Å². The molecule has 0 aliphatic rings. The fraction of sp³-hybridized carbons (Fsp3) is 0.750. The number of nitrogens with zero attached hydrogens (tertiary/aromatic N) is 1. The summed E-state index contributed by atoms with van der Waals surface area (Å²) in [7, 11) is 4.22. The third kappa shape index (κ3) is 4.89. The van der Waals surface area contributed by atoms with Crippen molar-refractivity contribution < 1.29 is 0 Å².